The Morgan fingerprint density at radius 1 is 1.33 bits per heavy atom. The van der Waals surface area contributed by atoms with Gasteiger partial charge in [-0.25, -0.2) is 4.79 Å². The highest BCUT2D eigenvalue weighted by Gasteiger charge is 2.24. The lowest BCUT2D eigenvalue weighted by atomic mass is 9.99. The molecule has 1 aliphatic rings. The summed E-state index contributed by atoms with van der Waals surface area (Å²) in [5.41, 5.74) is 2.99. The fourth-order valence-electron chi connectivity index (χ4n) is 2.26. The number of carboxylic acid groups (broad SMARTS) is 1. The van der Waals surface area contributed by atoms with E-state index in [2.05, 4.69) is 10.3 Å². The summed E-state index contributed by atoms with van der Waals surface area (Å²) in [5, 5.41) is 12.9. The summed E-state index contributed by atoms with van der Waals surface area (Å²) in [6, 6.07) is 9.28. The highest BCUT2D eigenvalue weighted by Crippen LogP contribution is 2.29. The van der Waals surface area contributed by atoms with Gasteiger partial charge in [-0.2, -0.15) is 0 Å². The lowest BCUT2D eigenvalue weighted by Crippen LogP contribution is -2.28. The highest BCUT2D eigenvalue weighted by molar-refractivity contribution is 5.93. The summed E-state index contributed by atoms with van der Waals surface area (Å²) < 4.78 is 0. The number of para-hydroxylation sites is 1. The van der Waals surface area contributed by atoms with Gasteiger partial charge in [0, 0.05) is 24.2 Å². The monoisotopic (exact) mass is 240 g/mol. The number of carboxylic acids is 1. The quantitative estimate of drug-likeness (QED) is 0.843. The molecule has 18 heavy (non-hydrogen) atoms. The van der Waals surface area contributed by atoms with E-state index >= 15 is 0 Å². The molecular weight excluding hydrogens is 228 g/mol. The van der Waals surface area contributed by atoms with E-state index in [1.165, 1.54) is 0 Å². The van der Waals surface area contributed by atoms with Crippen molar-refractivity contribution in [2.24, 2.45) is 0 Å². The van der Waals surface area contributed by atoms with Crippen molar-refractivity contribution in [3.63, 3.8) is 0 Å². The van der Waals surface area contributed by atoms with Crippen molar-refractivity contribution in [3.8, 4) is 0 Å². The molecule has 2 aromatic rings. The summed E-state index contributed by atoms with van der Waals surface area (Å²) in [6.07, 6.45) is 4.05. The second-order valence-corrected chi connectivity index (χ2v) is 4.31. The van der Waals surface area contributed by atoms with E-state index in [1.807, 2.05) is 30.3 Å². The summed E-state index contributed by atoms with van der Waals surface area (Å²) >= 11 is 0. The fourth-order valence-corrected chi connectivity index (χ4v) is 2.26. The van der Waals surface area contributed by atoms with Crippen LogP contribution in [0.4, 0.5) is 0 Å². The van der Waals surface area contributed by atoms with E-state index < -0.39 is 12.0 Å². The van der Waals surface area contributed by atoms with Gasteiger partial charge in [-0.3, -0.25) is 4.98 Å². The summed E-state index contributed by atoms with van der Waals surface area (Å²) in [5.74, 6) is -0.820. The molecule has 4 nitrogen and oxygen atoms in total. The van der Waals surface area contributed by atoms with E-state index in [9.17, 15) is 4.79 Å². The molecule has 0 amide bonds. The Morgan fingerprint density at radius 2 is 2.17 bits per heavy atom. The van der Waals surface area contributed by atoms with Gasteiger partial charge in [0.25, 0.3) is 0 Å². The zero-order valence-corrected chi connectivity index (χ0v) is 9.63. The maximum absolute atomic E-state index is 10.9. The molecular formula is C14H12N2O2. The first-order valence-electron chi connectivity index (χ1n) is 5.78. The van der Waals surface area contributed by atoms with Crippen LogP contribution in [0.5, 0.6) is 0 Å². The van der Waals surface area contributed by atoms with Crippen LogP contribution < -0.4 is 5.32 Å². The Labute approximate surface area is 104 Å². The van der Waals surface area contributed by atoms with Crippen LogP contribution >= 0.6 is 0 Å². The molecule has 0 bridgehead atoms. The Balaban J connectivity index is 2.03. The Kier molecular flexibility index (Phi) is 2.48. The second kappa shape index (κ2) is 4.14. The first-order valence-corrected chi connectivity index (χ1v) is 5.78. The summed E-state index contributed by atoms with van der Waals surface area (Å²) in [4.78, 5) is 15.2. The maximum Gasteiger partial charge on any atom is 0.326 e. The van der Waals surface area contributed by atoms with Crippen LogP contribution in [0.3, 0.4) is 0 Å². The topological polar surface area (TPSA) is 62.2 Å². The highest BCUT2D eigenvalue weighted by atomic mass is 16.4. The normalized spacial score (nSPS) is 18.4. The predicted octanol–water partition coefficient (Wildman–Crippen LogP) is 2.02. The molecule has 0 saturated carbocycles. The minimum absolute atomic E-state index is 0.503. The molecule has 0 spiro atoms. The molecule has 4 heteroatoms. The van der Waals surface area contributed by atoms with Crippen LogP contribution in [-0.4, -0.2) is 22.1 Å². The number of hydrogen-bond donors (Lipinski definition) is 2. The van der Waals surface area contributed by atoms with Crippen molar-refractivity contribution in [2.45, 2.75) is 12.5 Å². The Bertz CT molecular complexity index is 644. The molecule has 3 rings (SSSR count). The third kappa shape index (κ3) is 1.72. The molecule has 1 aliphatic heterocycles. The molecule has 1 aromatic heterocycles. The molecule has 0 saturated heterocycles. The minimum Gasteiger partial charge on any atom is -0.480 e. The van der Waals surface area contributed by atoms with Gasteiger partial charge in [-0.1, -0.05) is 18.2 Å². The molecule has 0 fully saturated rings. The molecule has 1 atom stereocenters. The molecule has 0 aliphatic carbocycles. The smallest absolute Gasteiger partial charge is 0.326 e. The number of aromatic nitrogens is 1. The SMILES string of the molecule is O=C(O)C1CC(c2ccnc3ccccc23)=CN1. The fraction of sp³-hybridized carbons (Fsp3) is 0.143. The number of pyridine rings is 1. The zero-order chi connectivity index (χ0) is 12.5. The third-order valence-electron chi connectivity index (χ3n) is 3.18. The number of fused-ring (bicyclic) bond motifs is 1. The average Bonchev–Trinajstić information content (AvgIpc) is 2.87. The molecule has 0 radical (unpaired) electrons. The summed E-state index contributed by atoms with van der Waals surface area (Å²) in [7, 11) is 0. The first kappa shape index (κ1) is 10.8. The van der Waals surface area contributed by atoms with Crippen LogP contribution in [0.15, 0.2) is 42.7 Å². The van der Waals surface area contributed by atoms with E-state index in [0.717, 1.165) is 22.0 Å². The van der Waals surface area contributed by atoms with Gasteiger partial charge in [-0.05, 0) is 23.3 Å². The van der Waals surface area contributed by atoms with Crippen LogP contribution in [0, 0.1) is 0 Å². The Morgan fingerprint density at radius 3 is 2.94 bits per heavy atom. The average molecular weight is 240 g/mol. The van der Waals surface area contributed by atoms with Gasteiger partial charge in [-0.15, -0.1) is 0 Å². The van der Waals surface area contributed by atoms with Gasteiger partial charge in [0.1, 0.15) is 6.04 Å². The first-order chi connectivity index (χ1) is 8.75. The van der Waals surface area contributed by atoms with Gasteiger partial charge in [0.15, 0.2) is 0 Å². The third-order valence-corrected chi connectivity index (χ3v) is 3.18. The van der Waals surface area contributed by atoms with Gasteiger partial charge in [0.05, 0.1) is 5.52 Å². The van der Waals surface area contributed by atoms with E-state index in [-0.39, 0.29) is 0 Å². The van der Waals surface area contributed by atoms with E-state index in [0.29, 0.717) is 6.42 Å². The predicted molar refractivity (Wildman–Crippen MR) is 68.9 cm³/mol. The number of nitrogens with one attached hydrogen (secondary N) is 1. The Hall–Kier alpha value is -2.36. The molecule has 1 unspecified atom stereocenters. The molecule has 2 N–H and O–H groups in total. The number of rotatable bonds is 2. The number of aliphatic carboxylic acids is 1. The van der Waals surface area contributed by atoms with Crippen LogP contribution in [-0.2, 0) is 4.79 Å². The van der Waals surface area contributed by atoms with Crippen molar-refractivity contribution < 1.29 is 9.90 Å². The van der Waals surface area contributed by atoms with Crippen molar-refractivity contribution in [1.29, 1.82) is 0 Å². The number of carbonyl (C=O) groups is 1. The second-order valence-electron chi connectivity index (χ2n) is 4.31. The van der Waals surface area contributed by atoms with Gasteiger partial charge >= 0.3 is 5.97 Å². The molecule has 2 heterocycles. The number of nitrogens with zero attached hydrogens (tertiary/aromatic N) is 1. The van der Waals surface area contributed by atoms with Gasteiger partial charge < -0.3 is 10.4 Å². The van der Waals surface area contributed by atoms with Crippen LogP contribution in [0.2, 0.25) is 0 Å². The molecule has 1 aromatic carbocycles. The van der Waals surface area contributed by atoms with E-state index in [1.54, 1.807) is 12.4 Å². The van der Waals surface area contributed by atoms with Gasteiger partial charge in [0.2, 0.25) is 0 Å². The maximum atomic E-state index is 10.9. The van der Waals surface area contributed by atoms with E-state index in [4.69, 9.17) is 5.11 Å². The lowest BCUT2D eigenvalue weighted by molar-refractivity contribution is -0.138. The van der Waals surface area contributed by atoms with Crippen molar-refractivity contribution in [1.82, 2.24) is 10.3 Å². The van der Waals surface area contributed by atoms with Crippen LogP contribution in [0.1, 0.15) is 12.0 Å². The minimum atomic E-state index is -0.820. The lowest BCUT2D eigenvalue weighted by Gasteiger charge is -2.07. The zero-order valence-electron chi connectivity index (χ0n) is 9.63. The molecule has 90 valence electrons. The number of benzene rings is 1. The van der Waals surface area contributed by atoms with Crippen molar-refractivity contribution in [3.05, 3.63) is 48.3 Å². The van der Waals surface area contributed by atoms with Crippen LogP contribution in [0.25, 0.3) is 16.5 Å². The number of hydrogen-bond acceptors (Lipinski definition) is 3. The van der Waals surface area contributed by atoms with Crippen molar-refractivity contribution >= 4 is 22.4 Å². The standard InChI is InChI=1S/C14H12N2O2/c17-14(18)13-7-9(8-16-13)10-5-6-15-12-4-2-1-3-11(10)12/h1-6,8,13,16H,7H2,(H,17,18). The van der Waals surface area contributed by atoms with Crippen molar-refractivity contribution in [2.75, 3.05) is 0 Å². The largest absolute Gasteiger partial charge is 0.480 e. The summed E-state index contributed by atoms with van der Waals surface area (Å²) in [6.45, 7) is 0.